The van der Waals surface area contributed by atoms with Crippen molar-refractivity contribution in [2.45, 2.75) is 108 Å². The minimum atomic E-state index is -3.54. The largest absolute Gasteiger partial charge is 0.342 e. The van der Waals surface area contributed by atoms with Gasteiger partial charge in [0.15, 0.2) is 0 Å². The zero-order valence-electron chi connectivity index (χ0n) is 29.4. The number of carbonyl (C=O) groups excluding carboxylic acids is 2. The Morgan fingerprint density at radius 2 is 1.60 bits per heavy atom. The number of hydrogen-bond donors (Lipinski definition) is 1. The number of likely N-dealkylation sites (N-methyl/N-ethyl adjacent to an activating group) is 1. The number of aryl methyl sites for hydroxylation is 1. The molecule has 3 aliphatic heterocycles. The third-order valence-electron chi connectivity index (χ3n) is 11.5. The lowest BCUT2D eigenvalue weighted by Crippen LogP contribution is -2.73. The second-order valence-corrected chi connectivity index (χ2v) is 16.6. The van der Waals surface area contributed by atoms with Gasteiger partial charge in [-0.2, -0.15) is 9.40 Å². The molecule has 48 heavy (non-hydrogen) atoms. The molecule has 4 fully saturated rings. The third kappa shape index (κ3) is 6.95. The summed E-state index contributed by atoms with van der Waals surface area (Å²) in [6.07, 6.45) is 9.96. The van der Waals surface area contributed by atoms with Crippen LogP contribution >= 0.6 is 0 Å². The van der Waals surface area contributed by atoms with Crippen molar-refractivity contribution in [3.63, 3.8) is 0 Å². The number of amides is 2. The van der Waals surface area contributed by atoms with Gasteiger partial charge < -0.3 is 15.1 Å². The molecule has 1 aromatic carbocycles. The smallest absolute Gasteiger partial charge is 0.246 e. The van der Waals surface area contributed by atoms with Crippen LogP contribution in [0.2, 0.25) is 0 Å². The molecule has 2 aromatic rings. The molecular weight excluding hydrogens is 627 g/mol. The highest BCUT2D eigenvalue weighted by atomic mass is 32.2. The Bertz CT molecular complexity index is 1550. The van der Waals surface area contributed by atoms with Crippen LogP contribution in [0.15, 0.2) is 29.2 Å². The summed E-state index contributed by atoms with van der Waals surface area (Å²) in [4.78, 5) is 34.6. The van der Waals surface area contributed by atoms with Crippen molar-refractivity contribution in [2.24, 2.45) is 5.92 Å². The number of hydrogen-bond acceptors (Lipinski definition) is 7. The topological polar surface area (TPSA) is 111 Å². The molecule has 264 valence electrons. The zero-order valence-corrected chi connectivity index (χ0v) is 30.2. The van der Waals surface area contributed by atoms with Gasteiger partial charge in [-0.15, -0.1) is 0 Å². The first-order chi connectivity index (χ1) is 23.0. The monoisotopic (exact) mass is 681 g/mol. The van der Waals surface area contributed by atoms with Crippen molar-refractivity contribution in [3.05, 3.63) is 41.2 Å². The van der Waals surface area contributed by atoms with Crippen LogP contribution in [0.4, 0.5) is 0 Å². The summed E-state index contributed by atoms with van der Waals surface area (Å²) in [5, 5.41) is 8.06. The van der Waals surface area contributed by atoms with Crippen LogP contribution in [0.3, 0.4) is 0 Å². The molecule has 1 saturated carbocycles. The molecule has 0 radical (unpaired) electrons. The number of rotatable bonds is 10. The lowest BCUT2D eigenvalue weighted by atomic mass is 9.79. The second-order valence-electron chi connectivity index (χ2n) is 14.7. The van der Waals surface area contributed by atoms with E-state index in [2.05, 4.69) is 29.0 Å². The van der Waals surface area contributed by atoms with Crippen molar-refractivity contribution in [3.8, 4) is 5.69 Å². The number of piperazine rings is 2. The van der Waals surface area contributed by atoms with E-state index >= 15 is 0 Å². The van der Waals surface area contributed by atoms with Crippen LogP contribution in [0, 0.1) is 19.8 Å². The third-order valence-corrected chi connectivity index (χ3v) is 13.4. The molecule has 12 heteroatoms. The van der Waals surface area contributed by atoms with E-state index in [0.29, 0.717) is 49.8 Å². The Morgan fingerprint density at radius 3 is 2.25 bits per heavy atom. The minimum absolute atomic E-state index is 0.0388. The van der Waals surface area contributed by atoms with Crippen LogP contribution in [0.5, 0.6) is 0 Å². The number of nitrogens with zero attached hydrogens (tertiary/aromatic N) is 6. The van der Waals surface area contributed by atoms with Gasteiger partial charge in [0, 0.05) is 63.6 Å². The highest BCUT2D eigenvalue weighted by Gasteiger charge is 2.53. The Labute approximate surface area is 287 Å². The summed E-state index contributed by atoms with van der Waals surface area (Å²) in [5.74, 6) is 0.687. The fourth-order valence-electron chi connectivity index (χ4n) is 8.33. The Kier molecular flexibility index (Phi) is 10.6. The molecule has 4 heterocycles. The highest BCUT2D eigenvalue weighted by molar-refractivity contribution is 7.89. The molecule has 1 aromatic heterocycles. The molecule has 6 rings (SSSR count). The van der Waals surface area contributed by atoms with Crippen LogP contribution in [0.1, 0.15) is 88.1 Å². The van der Waals surface area contributed by atoms with Crippen LogP contribution < -0.4 is 5.32 Å². The molecule has 1 atom stereocenters. The van der Waals surface area contributed by atoms with Crippen LogP contribution in [0.25, 0.3) is 5.69 Å². The summed E-state index contributed by atoms with van der Waals surface area (Å²) in [7, 11) is -1.53. The number of benzene rings is 1. The van der Waals surface area contributed by atoms with Gasteiger partial charge in [-0.3, -0.25) is 14.5 Å². The van der Waals surface area contributed by atoms with Crippen molar-refractivity contribution < 1.29 is 18.0 Å². The average molecular weight is 682 g/mol. The summed E-state index contributed by atoms with van der Waals surface area (Å²) in [5.41, 5.74) is 3.14. The number of piperidine rings is 1. The Balaban J connectivity index is 1.12. The minimum Gasteiger partial charge on any atom is -0.342 e. The van der Waals surface area contributed by atoms with E-state index in [1.807, 2.05) is 35.7 Å². The molecule has 0 bridgehead atoms. The number of aromatic nitrogens is 2. The maximum Gasteiger partial charge on any atom is 0.246 e. The second kappa shape index (κ2) is 14.6. The van der Waals surface area contributed by atoms with E-state index < -0.39 is 21.6 Å². The van der Waals surface area contributed by atoms with E-state index in [9.17, 15) is 18.0 Å². The molecule has 1 spiro atoms. The summed E-state index contributed by atoms with van der Waals surface area (Å²) >= 11 is 0. The number of carbonyl (C=O) groups is 2. The van der Waals surface area contributed by atoms with Gasteiger partial charge in [0.2, 0.25) is 21.8 Å². The standard InChI is InChI=1S/C36H55N7O4S/c1-5-6-18-42-34(44)33(25-29-10-8-7-9-11-29)37-35(45)36(42)16-19-40(20-17-36)26-32-27(2)38-43(28(32)3)30-12-14-31(15-13-30)48(46,47)41-23-21-39(4)22-24-41/h12-15,29,33H,5-11,16-26H2,1-4H3,(H,37,45)/t33-/m0/s1. The van der Waals surface area contributed by atoms with Crippen LogP contribution in [-0.4, -0.2) is 113 Å². The predicted molar refractivity (Wildman–Crippen MR) is 186 cm³/mol. The Hall–Kier alpha value is -2.80. The van der Waals surface area contributed by atoms with Crippen molar-refractivity contribution in [1.29, 1.82) is 0 Å². The SMILES string of the molecule is CCCCN1C(=O)[C@H](CC2CCCCC2)NC(=O)C12CCN(Cc1c(C)nn(-c3ccc(S(=O)(=O)N4CCN(C)CC4)cc3)c1C)CC2. The van der Waals surface area contributed by atoms with Crippen molar-refractivity contribution >= 4 is 21.8 Å². The van der Waals surface area contributed by atoms with Gasteiger partial charge in [-0.1, -0.05) is 45.4 Å². The van der Waals surface area contributed by atoms with Gasteiger partial charge in [0.25, 0.3) is 0 Å². The lowest BCUT2D eigenvalue weighted by molar-refractivity contribution is -0.162. The molecule has 1 N–H and O–H groups in total. The van der Waals surface area contributed by atoms with E-state index in [1.54, 1.807) is 16.4 Å². The average Bonchev–Trinajstić information content (AvgIpc) is 3.37. The quantitative estimate of drug-likeness (QED) is 0.406. The molecule has 0 unspecified atom stereocenters. The first-order valence-electron chi connectivity index (χ1n) is 18.2. The van der Waals surface area contributed by atoms with E-state index in [-0.39, 0.29) is 11.8 Å². The number of nitrogens with one attached hydrogen (secondary N) is 1. The molecule has 11 nitrogen and oxygen atoms in total. The number of sulfonamides is 1. The maximum atomic E-state index is 13.9. The van der Waals surface area contributed by atoms with Crippen LogP contribution in [-0.2, 0) is 26.2 Å². The first-order valence-corrected chi connectivity index (χ1v) is 19.7. The molecule has 1 aliphatic carbocycles. The van der Waals surface area contributed by atoms with Gasteiger partial charge in [-0.05, 0) is 76.8 Å². The van der Waals surface area contributed by atoms with Gasteiger partial charge >= 0.3 is 0 Å². The summed E-state index contributed by atoms with van der Waals surface area (Å²) < 4.78 is 29.9. The van der Waals surface area contributed by atoms with Gasteiger partial charge in [0.05, 0.1) is 16.3 Å². The summed E-state index contributed by atoms with van der Waals surface area (Å²) in [6, 6.07) is 6.65. The zero-order chi connectivity index (χ0) is 34.1. The van der Waals surface area contributed by atoms with E-state index in [4.69, 9.17) is 5.10 Å². The normalized spacial score (nSPS) is 23.6. The number of likely N-dealkylation sites (tertiary alicyclic amines) is 1. The molecule has 3 saturated heterocycles. The van der Waals surface area contributed by atoms with Gasteiger partial charge in [-0.25, -0.2) is 13.1 Å². The Morgan fingerprint density at radius 1 is 0.938 bits per heavy atom. The number of unbranched alkanes of at least 4 members (excludes halogenated alkanes) is 1. The molecular formula is C36H55N7O4S. The van der Waals surface area contributed by atoms with Crippen molar-refractivity contribution in [1.82, 2.24) is 34.1 Å². The molecule has 4 aliphatic rings. The fourth-order valence-corrected chi connectivity index (χ4v) is 9.75. The molecule has 2 amide bonds. The van der Waals surface area contributed by atoms with Crippen molar-refractivity contribution in [2.75, 3.05) is 52.9 Å². The van der Waals surface area contributed by atoms with E-state index in [1.165, 1.54) is 19.3 Å². The summed E-state index contributed by atoms with van der Waals surface area (Å²) in [6.45, 7) is 11.5. The fraction of sp³-hybridized carbons (Fsp3) is 0.694. The lowest BCUT2D eigenvalue weighted by Gasteiger charge is -2.52. The van der Waals surface area contributed by atoms with Gasteiger partial charge in [0.1, 0.15) is 11.6 Å². The van der Waals surface area contributed by atoms with E-state index in [0.717, 1.165) is 80.9 Å². The predicted octanol–water partition coefficient (Wildman–Crippen LogP) is 3.86. The first kappa shape index (κ1) is 35.0. The highest BCUT2D eigenvalue weighted by Crippen LogP contribution is 2.37. The maximum absolute atomic E-state index is 13.9.